The van der Waals surface area contributed by atoms with Crippen molar-refractivity contribution in [3.05, 3.63) is 0 Å². The van der Waals surface area contributed by atoms with E-state index >= 15 is 0 Å². The molecule has 2 N–H and O–H groups in total. The second-order valence-electron chi connectivity index (χ2n) is 5.23. The number of fused-ring (bicyclic) bond motifs is 2. The third-order valence-corrected chi connectivity index (χ3v) is 5.46. The van der Waals surface area contributed by atoms with Gasteiger partial charge in [-0.2, -0.15) is 0 Å². The van der Waals surface area contributed by atoms with Crippen LogP contribution < -0.4 is 4.72 Å². The van der Waals surface area contributed by atoms with Gasteiger partial charge in [-0.25, -0.2) is 13.1 Å². The lowest BCUT2D eigenvalue weighted by Crippen LogP contribution is -2.55. The van der Waals surface area contributed by atoms with E-state index in [9.17, 15) is 8.42 Å². The highest BCUT2D eigenvalue weighted by molar-refractivity contribution is 7.89. The van der Waals surface area contributed by atoms with E-state index in [1.165, 1.54) is 19.3 Å². The fraction of sp³-hybridized carbons (Fsp3) is 1.00. The SMILES string of the molecule is CN1C2CCCC1CC(NS(=O)(=O)CCO)C2. The summed E-state index contributed by atoms with van der Waals surface area (Å²) >= 11 is 0. The summed E-state index contributed by atoms with van der Waals surface area (Å²) in [5, 5.41) is 8.71. The number of hydrogen-bond donors (Lipinski definition) is 2. The summed E-state index contributed by atoms with van der Waals surface area (Å²) < 4.78 is 26.0. The van der Waals surface area contributed by atoms with Crippen LogP contribution in [0.2, 0.25) is 0 Å². The van der Waals surface area contributed by atoms with E-state index in [-0.39, 0.29) is 18.4 Å². The molecule has 2 bridgehead atoms. The third-order valence-electron chi connectivity index (χ3n) is 4.05. The molecule has 0 spiro atoms. The molecule has 2 fully saturated rings. The Morgan fingerprint density at radius 1 is 1.29 bits per heavy atom. The lowest BCUT2D eigenvalue weighted by molar-refractivity contribution is 0.0536. The molecule has 2 aliphatic heterocycles. The largest absolute Gasteiger partial charge is 0.395 e. The molecule has 2 rings (SSSR count). The van der Waals surface area contributed by atoms with E-state index < -0.39 is 10.0 Å². The van der Waals surface area contributed by atoms with Gasteiger partial charge in [0.05, 0.1) is 12.4 Å². The van der Waals surface area contributed by atoms with Gasteiger partial charge in [-0.05, 0) is 32.7 Å². The molecule has 0 aromatic heterocycles. The number of piperidine rings is 2. The second-order valence-corrected chi connectivity index (χ2v) is 7.11. The van der Waals surface area contributed by atoms with E-state index in [0.717, 1.165) is 12.8 Å². The molecule has 2 heterocycles. The molecule has 2 aliphatic rings. The maximum Gasteiger partial charge on any atom is 0.214 e. The molecule has 5 nitrogen and oxygen atoms in total. The molecular weight excluding hydrogens is 240 g/mol. The normalized spacial score (nSPS) is 34.8. The number of sulfonamides is 1. The van der Waals surface area contributed by atoms with Crippen LogP contribution in [0.25, 0.3) is 0 Å². The quantitative estimate of drug-likeness (QED) is 0.743. The Morgan fingerprint density at radius 2 is 1.88 bits per heavy atom. The Labute approximate surface area is 103 Å². The first-order valence-corrected chi connectivity index (χ1v) is 8.00. The molecule has 0 aromatic carbocycles. The summed E-state index contributed by atoms with van der Waals surface area (Å²) in [7, 11) is -1.15. The molecule has 0 aliphatic carbocycles. The van der Waals surface area contributed by atoms with Crippen LogP contribution in [0.5, 0.6) is 0 Å². The summed E-state index contributed by atoms with van der Waals surface area (Å²) in [4.78, 5) is 2.40. The Kier molecular flexibility index (Phi) is 4.07. The molecule has 2 atom stereocenters. The van der Waals surface area contributed by atoms with Gasteiger partial charge in [-0.15, -0.1) is 0 Å². The number of rotatable bonds is 4. The monoisotopic (exact) mass is 262 g/mol. The van der Waals surface area contributed by atoms with Crippen molar-refractivity contribution in [3.8, 4) is 0 Å². The van der Waals surface area contributed by atoms with Gasteiger partial charge in [0.15, 0.2) is 0 Å². The zero-order valence-electron chi connectivity index (χ0n) is 10.3. The van der Waals surface area contributed by atoms with Gasteiger partial charge in [0.2, 0.25) is 10.0 Å². The van der Waals surface area contributed by atoms with Crippen molar-refractivity contribution in [2.24, 2.45) is 0 Å². The van der Waals surface area contributed by atoms with Crippen LogP contribution in [0.4, 0.5) is 0 Å². The number of aliphatic hydroxyl groups excluding tert-OH is 1. The lowest BCUT2D eigenvalue weighted by atomic mass is 9.83. The lowest BCUT2D eigenvalue weighted by Gasteiger charge is -2.47. The molecule has 100 valence electrons. The number of aliphatic hydroxyl groups is 1. The minimum atomic E-state index is -3.30. The highest BCUT2D eigenvalue weighted by Gasteiger charge is 2.37. The van der Waals surface area contributed by atoms with Crippen LogP contribution in [0.1, 0.15) is 32.1 Å². The maximum atomic E-state index is 11.6. The van der Waals surface area contributed by atoms with Gasteiger partial charge in [0.25, 0.3) is 0 Å². The molecule has 6 heteroatoms. The van der Waals surface area contributed by atoms with Crippen LogP contribution in [0, 0.1) is 0 Å². The maximum absolute atomic E-state index is 11.6. The predicted molar refractivity (Wildman–Crippen MR) is 66.2 cm³/mol. The summed E-state index contributed by atoms with van der Waals surface area (Å²) in [6.07, 6.45) is 5.40. The van der Waals surface area contributed by atoms with Crippen molar-refractivity contribution in [2.45, 2.75) is 50.2 Å². The standard InChI is InChI=1S/C11H22N2O3S/c1-13-10-3-2-4-11(13)8-9(7-10)12-17(15,16)6-5-14/h9-12,14H,2-8H2,1H3. The fourth-order valence-corrected chi connectivity index (χ4v) is 4.20. The van der Waals surface area contributed by atoms with Gasteiger partial charge in [-0.1, -0.05) is 6.42 Å². The molecule has 17 heavy (non-hydrogen) atoms. The van der Waals surface area contributed by atoms with Gasteiger partial charge in [0.1, 0.15) is 0 Å². The van der Waals surface area contributed by atoms with Crippen molar-refractivity contribution in [1.29, 1.82) is 0 Å². The summed E-state index contributed by atoms with van der Waals surface area (Å²) in [6.45, 7) is -0.311. The van der Waals surface area contributed by atoms with Gasteiger partial charge in [-0.3, -0.25) is 0 Å². The smallest absolute Gasteiger partial charge is 0.214 e. The highest BCUT2D eigenvalue weighted by atomic mass is 32.2. The van der Waals surface area contributed by atoms with Gasteiger partial charge >= 0.3 is 0 Å². The van der Waals surface area contributed by atoms with E-state index in [4.69, 9.17) is 5.11 Å². The topological polar surface area (TPSA) is 69.6 Å². The van der Waals surface area contributed by atoms with E-state index in [1.807, 2.05) is 0 Å². The summed E-state index contributed by atoms with van der Waals surface area (Å²) in [5.74, 6) is -0.186. The predicted octanol–water partition coefficient (Wildman–Crippen LogP) is -0.0866. The highest BCUT2D eigenvalue weighted by Crippen LogP contribution is 2.32. The first-order valence-electron chi connectivity index (χ1n) is 6.34. The molecule has 0 amide bonds. The van der Waals surface area contributed by atoms with E-state index in [1.54, 1.807) is 0 Å². The molecule has 2 saturated heterocycles. The first-order chi connectivity index (χ1) is 8.02. The Morgan fingerprint density at radius 3 is 2.41 bits per heavy atom. The van der Waals surface area contributed by atoms with Crippen LogP contribution >= 0.6 is 0 Å². The van der Waals surface area contributed by atoms with Gasteiger partial charge in [0, 0.05) is 18.1 Å². The zero-order valence-corrected chi connectivity index (χ0v) is 11.1. The molecule has 0 aromatic rings. The Bertz CT molecular complexity index is 344. The van der Waals surface area contributed by atoms with Crippen LogP contribution in [-0.4, -0.2) is 56.0 Å². The minimum absolute atomic E-state index is 0.0537. The van der Waals surface area contributed by atoms with E-state index in [0.29, 0.717) is 12.1 Å². The third kappa shape index (κ3) is 3.19. The van der Waals surface area contributed by atoms with Crippen molar-refractivity contribution in [1.82, 2.24) is 9.62 Å². The zero-order chi connectivity index (χ0) is 12.5. The summed E-state index contributed by atoms with van der Waals surface area (Å²) in [6, 6.07) is 1.09. The molecule has 0 radical (unpaired) electrons. The molecule has 2 unspecified atom stereocenters. The van der Waals surface area contributed by atoms with Crippen LogP contribution in [-0.2, 0) is 10.0 Å². The summed E-state index contributed by atoms with van der Waals surface area (Å²) in [5.41, 5.74) is 0. The van der Waals surface area contributed by atoms with Crippen molar-refractivity contribution < 1.29 is 13.5 Å². The number of nitrogens with one attached hydrogen (secondary N) is 1. The van der Waals surface area contributed by atoms with Crippen LogP contribution in [0.15, 0.2) is 0 Å². The van der Waals surface area contributed by atoms with Crippen molar-refractivity contribution >= 4 is 10.0 Å². The molecular formula is C11H22N2O3S. The van der Waals surface area contributed by atoms with Crippen molar-refractivity contribution in [2.75, 3.05) is 19.4 Å². The van der Waals surface area contributed by atoms with Crippen molar-refractivity contribution in [3.63, 3.8) is 0 Å². The van der Waals surface area contributed by atoms with Crippen LogP contribution in [0.3, 0.4) is 0 Å². The number of hydrogen-bond acceptors (Lipinski definition) is 4. The average molecular weight is 262 g/mol. The van der Waals surface area contributed by atoms with Gasteiger partial charge < -0.3 is 10.0 Å². The van der Waals surface area contributed by atoms with E-state index in [2.05, 4.69) is 16.7 Å². The molecule has 0 saturated carbocycles. The Hall–Kier alpha value is -0.170. The minimum Gasteiger partial charge on any atom is -0.395 e. The fourth-order valence-electron chi connectivity index (χ4n) is 3.15. The second kappa shape index (κ2) is 5.22. The average Bonchev–Trinajstić information content (AvgIpc) is 2.18. The number of nitrogens with zero attached hydrogens (tertiary/aromatic N) is 1. The Balaban J connectivity index is 1.96. The first kappa shape index (κ1) is 13.3.